The Bertz CT molecular complexity index is 677. The van der Waals surface area contributed by atoms with Gasteiger partial charge in [-0.15, -0.1) is 0 Å². The SMILES string of the molecule is Nc1ccc(-c2ccc(N)c(CC(=O)O)c2)cc1CC(=O)O. The molecule has 0 aromatic heterocycles. The third-order valence-corrected chi connectivity index (χ3v) is 3.30. The summed E-state index contributed by atoms with van der Waals surface area (Å²) in [6, 6.07) is 10.2. The van der Waals surface area contributed by atoms with E-state index in [0.717, 1.165) is 11.1 Å². The summed E-state index contributed by atoms with van der Waals surface area (Å²) in [5.41, 5.74) is 14.9. The van der Waals surface area contributed by atoms with E-state index in [-0.39, 0.29) is 12.8 Å². The fraction of sp³-hybridized carbons (Fsp3) is 0.125. The Morgan fingerprint density at radius 3 is 1.45 bits per heavy atom. The van der Waals surface area contributed by atoms with Gasteiger partial charge in [0.1, 0.15) is 0 Å². The second kappa shape index (κ2) is 6.17. The zero-order valence-corrected chi connectivity index (χ0v) is 11.7. The highest BCUT2D eigenvalue weighted by Gasteiger charge is 2.10. The highest BCUT2D eigenvalue weighted by Crippen LogP contribution is 2.27. The van der Waals surface area contributed by atoms with Crippen LogP contribution in [0.1, 0.15) is 11.1 Å². The van der Waals surface area contributed by atoms with Crippen molar-refractivity contribution >= 4 is 23.3 Å². The van der Waals surface area contributed by atoms with Crippen molar-refractivity contribution in [3.8, 4) is 11.1 Å². The van der Waals surface area contributed by atoms with Crippen molar-refractivity contribution in [3.05, 3.63) is 47.5 Å². The van der Waals surface area contributed by atoms with Crippen LogP contribution in [-0.4, -0.2) is 22.2 Å². The second-order valence-corrected chi connectivity index (χ2v) is 4.97. The molecule has 6 heteroatoms. The normalized spacial score (nSPS) is 10.4. The molecule has 0 atom stereocenters. The fourth-order valence-corrected chi connectivity index (χ4v) is 2.20. The van der Waals surface area contributed by atoms with E-state index in [1.807, 2.05) is 0 Å². The van der Waals surface area contributed by atoms with Crippen molar-refractivity contribution in [1.29, 1.82) is 0 Å². The van der Waals surface area contributed by atoms with Crippen molar-refractivity contribution < 1.29 is 19.8 Å². The Labute approximate surface area is 127 Å². The average molecular weight is 300 g/mol. The van der Waals surface area contributed by atoms with E-state index in [1.165, 1.54) is 0 Å². The molecule has 2 aromatic rings. The number of rotatable bonds is 5. The zero-order valence-electron chi connectivity index (χ0n) is 11.7. The molecule has 0 bridgehead atoms. The number of nitrogen functional groups attached to an aromatic ring is 2. The summed E-state index contributed by atoms with van der Waals surface area (Å²) in [4.78, 5) is 21.7. The molecular formula is C16H16N2O4. The number of hydrogen-bond donors (Lipinski definition) is 4. The standard InChI is InChI=1S/C16H16N2O4/c17-13-3-1-9(5-11(13)7-15(19)20)10-2-4-14(18)12(6-10)8-16(21)22/h1-6H,7-8,17-18H2,(H,19,20)(H,21,22). The number of carbonyl (C=O) groups is 2. The molecule has 114 valence electrons. The lowest BCUT2D eigenvalue weighted by Gasteiger charge is -2.10. The molecule has 22 heavy (non-hydrogen) atoms. The third-order valence-electron chi connectivity index (χ3n) is 3.30. The van der Waals surface area contributed by atoms with Crippen LogP contribution in [0.15, 0.2) is 36.4 Å². The Morgan fingerprint density at radius 2 is 1.14 bits per heavy atom. The molecule has 0 spiro atoms. The minimum Gasteiger partial charge on any atom is -0.481 e. The molecule has 0 unspecified atom stereocenters. The van der Waals surface area contributed by atoms with Crippen LogP contribution >= 0.6 is 0 Å². The lowest BCUT2D eigenvalue weighted by atomic mass is 9.97. The van der Waals surface area contributed by atoms with Gasteiger partial charge in [0.05, 0.1) is 12.8 Å². The number of benzene rings is 2. The molecule has 0 aliphatic rings. The summed E-state index contributed by atoms with van der Waals surface area (Å²) in [5, 5.41) is 17.8. The summed E-state index contributed by atoms with van der Waals surface area (Å²) in [5.74, 6) is -1.93. The number of aliphatic carboxylic acids is 2. The molecule has 0 amide bonds. The van der Waals surface area contributed by atoms with Gasteiger partial charge in [-0.3, -0.25) is 9.59 Å². The summed E-state index contributed by atoms with van der Waals surface area (Å²) in [6.07, 6.45) is -0.340. The van der Waals surface area contributed by atoms with Crippen LogP contribution in [0.3, 0.4) is 0 Å². The van der Waals surface area contributed by atoms with Gasteiger partial charge in [0.15, 0.2) is 0 Å². The minimum absolute atomic E-state index is 0.170. The van der Waals surface area contributed by atoms with Crippen LogP contribution in [0.4, 0.5) is 11.4 Å². The van der Waals surface area contributed by atoms with Crippen LogP contribution in [0, 0.1) is 0 Å². The van der Waals surface area contributed by atoms with Crippen LogP contribution in [0.5, 0.6) is 0 Å². The first kappa shape index (κ1) is 15.4. The summed E-state index contributed by atoms with van der Waals surface area (Å²) >= 11 is 0. The molecule has 0 fully saturated rings. The lowest BCUT2D eigenvalue weighted by Crippen LogP contribution is -2.05. The molecule has 0 saturated heterocycles. The van der Waals surface area contributed by atoms with E-state index >= 15 is 0 Å². The van der Waals surface area contributed by atoms with Crippen LogP contribution in [0.2, 0.25) is 0 Å². The zero-order chi connectivity index (χ0) is 16.3. The van der Waals surface area contributed by atoms with Crippen LogP contribution in [0.25, 0.3) is 11.1 Å². The number of hydrogen-bond acceptors (Lipinski definition) is 4. The van der Waals surface area contributed by atoms with E-state index in [2.05, 4.69) is 0 Å². The fourth-order valence-electron chi connectivity index (χ4n) is 2.20. The van der Waals surface area contributed by atoms with Gasteiger partial charge < -0.3 is 21.7 Å². The monoisotopic (exact) mass is 300 g/mol. The van der Waals surface area contributed by atoms with Gasteiger partial charge in [-0.1, -0.05) is 12.1 Å². The number of nitrogens with two attached hydrogens (primary N) is 2. The maximum Gasteiger partial charge on any atom is 0.307 e. The molecule has 6 N–H and O–H groups in total. The number of anilines is 2. The van der Waals surface area contributed by atoms with Gasteiger partial charge >= 0.3 is 11.9 Å². The van der Waals surface area contributed by atoms with Gasteiger partial charge in [0.25, 0.3) is 0 Å². The molecule has 0 saturated carbocycles. The van der Waals surface area contributed by atoms with Crippen molar-refractivity contribution in [2.24, 2.45) is 0 Å². The van der Waals surface area contributed by atoms with E-state index in [1.54, 1.807) is 36.4 Å². The highest BCUT2D eigenvalue weighted by atomic mass is 16.4. The molecule has 0 aliphatic carbocycles. The van der Waals surface area contributed by atoms with Gasteiger partial charge in [-0.05, 0) is 46.5 Å². The first-order valence-electron chi connectivity index (χ1n) is 6.57. The van der Waals surface area contributed by atoms with Gasteiger partial charge in [0, 0.05) is 11.4 Å². The van der Waals surface area contributed by atoms with Crippen LogP contribution in [-0.2, 0) is 22.4 Å². The first-order valence-corrected chi connectivity index (χ1v) is 6.57. The Balaban J connectivity index is 2.43. The van der Waals surface area contributed by atoms with Crippen LogP contribution < -0.4 is 11.5 Å². The predicted octanol–water partition coefficient (Wildman–Crippen LogP) is 1.77. The molecule has 0 heterocycles. The first-order chi connectivity index (χ1) is 10.4. The third kappa shape index (κ3) is 3.54. The Kier molecular flexibility index (Phi) is 4.31. The largest absolute Gasteiger partial charge is 0.481 e. The quantitative estimate of drug-likeness (QED) is 0.623. The molecule has 2 aromatic carbocycles. The van der Waals surface area contributed by atoms with Gasteiger partial charge in [0.2, 0.25) is 0 Å². The smallest absolute Gasteiger partial charge is 0.307 e. The average Bonchev–Trinajstić information content (AvgIpc) is 2.43. The Hall–Kier alpha value is -3.02. The second-order valence-electron chi connectivity index (χ2n) is 4.97. The molecule has 0 radical (unpaired) electrons. The van der Waals surface area contributed by atoms with Crippen molar-refractivity contribution in [2.75, 3.05) is 11.5 Å². The minimum atomic E-state index is -0.965. The summed E-state index contributed by atoms with van der Waals surface area (Å²) < 4.78 is 0. The van der Waals surface area contributed by atoms with E-state index in [9.17, 15) is 9.59 Å². The van der Waals surface area contributed by atoms with Crippen molar-refractivity contribution in [2.45, 2.75) is 12.8 Å². The maximum absolute atomic E-state index is 10.9. The van der Waals surface area contributed by atoms with Crippen molar-refractivity contribution in [3.63, 3.8) is 0 Å². The van der Waals surface area contributed by atoms with Gasteiger partial charge in [-0.25, -0.2) is 0 Å². The summed E-state index contributed by atoms with van der Waals surface area (Å²) in [7, 11) is 0. The topological polar surface area (TPSA) is 127 Å². The van der Waals surface area contributed by atoms with Crippen molar-refractivity contribution in [1.82, 2.24) is 0 Å². The lowest BCUT2D eigenvalue weighted by molar-refractivity contribution is -0.137. The summed E-state index contributed by atoms with van der Waals surface area (Å²) in [6.45, 7) is 0. The molecular weight excluding hydrogens is 284 g/mol. The van der Waals surface area contributed by atoms with E-state index < -0.39 is 11.9 Å². The number of carboxylic acid groups (broad SMARTS) is 2. The molecule has 2 rings (SSSR count). The van der Waals surface area contributed by atoms with E-state index in [4.69, 9.17) is 21.7 Å². The number of carboxylic acids is 2. The maximum atomic E-state index is 10.9. The highest BCUT2D eigenvalue weighted by molar-refractivity contribution is 5.78. The predicted molar refractivity (Wildman–Crippen MR) is 83.4 cm³/mol. The van der Waals surface area contributed by atoms with Gasteiger partial charge in [-0.2, -0.15) is 0 Å². The van der Waals surface area contributed by atoms with E-state index in [0.29, 0.717) is 22.5 Å². The Morgan fingerprint density at radius 1 is 0.773 bits per heavy atom. The molecule has 6 nitrogen and oxygen atoms in total. The molecule has 0 aliphatic heterocycles.